The highest BCUT2D eigenvalue weighted by molar-refractivity contribution is 5.51. The van der Waals surface area contributed by atoms with Crippen molar-refractivity contribution in [3.8, 4) is 0 Å². The van der Waals surface area contributed by atoms with Gasteiger partial charge < -0.3 is 15.0 Å². The van der Waals surface area contributed by atoms with Crippen LogP contribution in [0.2, 0.25) is 0 Å². The van der Waals surface area contributed by atoms with Gasteiger partial charge in [0.1, 0.15) is 11.6 Å². The average molecular weight is 277 g/mol. The number of ether oxygens (including phenoxy) is 1. The Morgan fingerprint density at radius 2 is 2.05 bits per heavy atom. The van der Waals surface area contributed by atoms with Gasteiger partial charge in [0.15, 0.2) is 0 Å². The van der Waals surface area contributed by atoms with Crippen molar-refractivity contribution in [2.75, 3.05) is 44.1 Å². The minimum Gasteiger partial charge on any atom is -0.383 e. The summed E-state index contributed by atoms with van der Waals surface area (Å²) in [6, 6.07) is 2.05. The van der Waals surface area contributed by atoms with Crippen molar-refractivity contribution in [1.82, 2.24) is 4.98 Å². The first-order valence-electron chi connectivity index (χ1n) is 5.93. The smallest absolute Gasteiger partial charge is 0.383 e. The highest BCUT2D eigenvalue weighted by atomic mass is 19.4. The summed E-state index contributed by atoms with van der Waals surface area (Å²) in [7, 11) is 3.09. The number of aromatic nitrogens is 1. The summed E-state index contributed by atoms with van der Waals surface area (Å²) in [6.07, 6.45) is -4.38. The van der Waals surface area contributed by atoms with Gasteiger partial charge in [-0.3, -0.25) is 0 Å². The van der Waals surface area contributed by atoms with E-state index in [0.29, 0.717) is 25.5 Å². The van der Waals surface area contributed by atoms with E-state index in [-0.39, 0.29) is 5.82 Å². The maximum atomic E-state index is 12.8. The number of nitrogens with one attached hydrogen (secondary N) is 1. The number of methoxy groups -OCH3 is 1. The highest BCUT2D eigenvalue weighted by Gasteiger charge is 2.32. The molecule has 0 atom stereocenters. The molecule has 1 aromatic heterocycles. The predicted octanol–water partition coefficient (Wildman–Crippen LogP) is 2.61. The minimum atomic E-state index is -4.38. The van der Waals surface area contributed by atoms with Gasteiger partial charge in [0.2, 0.25) is 0 Å². The van der Waals surface area contributed by atoms with Gasteiger partial charge in [-0.15, -0.1) is 0 Å². The first kappa shape index (κ1) is 15.6. The van der Waals surface area contributed by atoms with Crippen molar-refractivity contribution in [2.24, 2.45) is 0 Å². The molecule has 0 aliphatic carbocycles. The van der Waals surface area contributed by atoms with E-state index in [1.54, 1.807) is 12.0 Å². The standard InChI is InChI=1S/C12H18F3N3O/c1-4-18(5-6-19-3)11-8-9(12(13,14)15)7-10(16-2)17-11/h7-8H,4-6H2,1-3H3,(H,16,17). The molecule has 0 amide bonds. The Hall–Kier alpha value is -1.50. The molecule has 0 aliphatic heterocycles. The van der Waals surface area contributed by atoms with Crippen molar-refractivity contribution in [3.05, 3.63) is 17.7 Å². The van der Waals surface area contributed by atoms with Gasteiger partial charge in [0.05, 0.1) is 12.2 Å². The van der Waals surface area contributed by atoms with Crippen LogP contribution >= 0.6 is 0 Å². The largest absolute Gasteiger partial charge is 0.416 e. The molecule has 0 unspecified atom stereocenters. The first-order valence-corrected chi connectivity index (χ1v) is 5.93. The molecule has 1 N–H and O–H groups in total. The predicted molar refractivity (Wildman–Crippen MR) is 68.5 cm³/mol. The quantitative estimate of drug-likeness (QED) is 0.867. The lowest BCUT2D eigenvalue weighted by Gasteiger charge is -2.23. The summed E-state index contributed by atoms with van der Waals surface area (Å²) in [5.74, 6) is 0.486. The average Bonchev–Trinajstić information content (AvgIpc) is 2.38. The Kier molecular flexibility index (Phi) is 5.41. The van der Waals surface area contributed by atoms with Crippen molar-refractivity contribution in [1.29, 1.82) is 0 Å². The monoisotopic (exact) mass is 277 g/mol. The Morgan fingerprint density at radius 1 is 1.37 bits per heavy atom. The van der Waals surface area contributed by atoms with Gasteiger partial charge in [0.25, 0.3) is 0 Å². The topological polar surface area (TPSA) is 37.4 Å². The van der Waals surface area contributed by atoms with E-state index < -0.39 is 11.7 Å². The third kappa shape index (κ3) is 4.27. The lowest BCUT2D eigenvalue weighted by molar-refractivity contribution is -0.137. The summed E-state index contributed by atoms with van der Waals surface area (Å²) < 4.78 is 43.4. The molecule has 0 saturated carbocycles. The van der Waals surface area contributed by atoms with Crippen molar-refractivity contribution >= 4 is 11.6 Å². The van der Waals surface area contributed by atoms with E-state index in [2.05, 4.69) is 10.3 Å². The summed E-state index contributed by atoms with van der Waals surface area (Å²) in [5, 5.41) is 2.65. The molecule has 0 radical (unpaired) electrons. The number of rotatable bonds is 6. The van der Waals surface area contributed by atoms with Crippen molar-refractivity contribution < 1.29 is 17.9 Å². The van der Waals surface area contributed by atoms with E-state index in [0.717, 1.165) is 12.1 Å². The second-order valence-corrected chi connectivity index (χ2v) is 3.92. The second-order valence-electron chi connectivity index (χ2n) is 3.92. The molecule has 1 heterocycles. The fourth-order valence-electron chi connectivity index (χ4n) is 1.61. The molecule has 1 rings (SSSR count). The third-order valence-corrected chi connectivity index (χ3v) is 2.67. The molecule has 0 aromatic carbocycles. The lowest BCUT2D eigenvalue weighted by Crippen LogP contribution is -2.28. The number of likely N-dealkylation sites (N-methyl/N-ethyl adjacent to an activating group) is 1. The lowest BCUT2D eigenvalue weighted by atomic mass is 10.2. The molecule has 0 aliphatic rings. The fraction of sp³-hybridized carbons (Fsp3) is 0.583. The van der Waals surface area contributed by atoms with Gasteiger partial charge in [-0.2, -0.15) is 13.2 Å². The summed E-state index contributed by atoms with van der Waals surface area (Å²) in [5.41, 5.74) is -0.710. The van der Waals surface area contributed by atoms with Crippen LogP contribution in [0.1, 0.15) is 12.5 Å². The zero-order chi connectivity index (χ0) is 14.5. The fourth-order valence-corrected chi connectivity index (χ4v) is 1.61. The second kappa shape index (κ2) is 6.60. The molecule has 0 saturated heterocycles. The summed E-state index contributed by atoms with van der Waals surface area (Å²) in [6.45, 7) is 3.34. The zero-order valence-electron chi connectivity index (χ0n) is 11.2. The van der Waals surface area contributed by atoms with Crippen LogP contribution in [-0.4, -0.2) is 38.8 Å². The van der Waals surface area contributed by atoms with Crippen LogP contribution in [-0.2, 0) is 10.9 Å². The van der Waals surface area contributed by atoms with Gasteiger partial charge in [0, 0.05) is 27.2 Å². The minimum absolute atomic E-state index is 0.195. The molecular formula is C12H18F3N3O. The molecule has 1 aromatic rings. The van der Waals surface area contributed by atoms with Crippen LogP contribution in [0.25, 0.3) is 0 Å². The maximum Gasteiger partial charge on any atom is 0.416 e. The SMILES string of the molecule is CCN(CCOC)c1cc(C(F)(F)F)cc(NC)n1. The van der Waals surface area contributed by atoms with Crippen LogP contribution in [0, 0.1) is 0 Å². The number of alkyl halides is 3. The number of nitrogens with zero attached hydrogens (tertiary/aromatic N) is 2. The number of anilines is 2. The molecule has 0 spiro atoms. The summed E-state index contributed by atoms with van der Waals surface area (Å²) in [4.78, 5) is 5.88. The van der Waals surface area contributed by atoms with Crippen LogP contribution in [0.4, 0.5) is 24.8 Å². The third-order valence-electron chi connectivity index (χ3n) is 2.67. The number of hydrogen-bond donors (Lipinski definition) is 1. The first-order chi connectivity index (χ1) is 8.92. The molecule has 0 bridgehead atoms. The molecule has 7 heteroatoms. The van der Waals surface area contributed by atoms with Crippen LogP contribution in [0.3, 0.4) is 0 Å². The van der Waals surface area contributed by atoms with Crippen molar-refractivity contribution in [2.45, 2.75) is 13.1 Å². The Morgan fingerprint density at radius 3 is 2.53 bits per heavy atom. The molecule has 19 heavy (non-hydrogen) atoms. The van der Waals surface area contributed by atoms with Crippen molar-refractivity contribution in [3.63, 3.8) is 0 Å². The van der Waals surface area contributed by atoms with E-state index in [9.17, 15) is 13.2 Å². The van der Waals surface area contributed by atoms with Gasteiger partial charge >= 0.3 is 6.18 Å². The Balaban J connectivity index is 3.11. The number of hydrogen-bond acceptors (Lipinski definition) is 4. The molecule has 4 nitrogen and oxygen atoms in total. The number of pyridine rings is 1. The van der Waals surface area contributed by atoms with E-state index in [1.807, 2.05) is 6.92 Å². The maximum absolute atomic E-state index is 12.8. The van der Waals surface area contributed by atoms with Crippen LogP contribution < -0.4 is 10.2 Å². The van der Waals surface area contributed by atoms with E-state index >= 15 is 0 Å². The van der Waals surface area contributed by atoms with Gasteiger partial charge in [-0.25, -0.2) is 4.98 Å². The molecule has 108 valence electrons. The molecular weight excluding hydrogens is 259 g/mol. The Bertz CT molecular complexity index is 410. The number of halogens is 3. The molecule has 0 fully saturated rings. The van der Waals surface area contributed by atoms with Crippen LogP contribution in [0.15, 0.2) is 12.1 Å². The normalized spacial score (nSPS) is 11.5. The highest BCUT2D eigenvalue weighted by Crippen LogP contribution is 2.32. The van der Waals surface area contributed by atoms with Crippen LogP contribution in [0.5, 0.6) is 0 Å². The van der Waals surface area contributed by atoms with E-state index in [4.69, 9.17) is 4.74 Å². The summed E-state index contributed by atoms with van der Waals surface area (Å²) >= 11 is 0. The Labute approximate surface area is 110 Å². The zero-order valence-corrected chi connectivity index (χ0v) is 11.2. The van der Waals surface area contributed by atoms with Gasteiger partial charge in [-0.05, 0) is 19.1 Å². The van der Waals surface area contributed by atoms with Gasteiger partial charge in [-0.1, -0.05) is 0 Å². The van der Waals surface area contributed by atoms with E-state index in [1.165, 1.54) is 7.05 Å².